The van der Waals surface area contributed by atoms with E-state index in [1.807, 2.05) is 0 Å². The van der Waals surface area contributed by atoms with E-state index in [4.69, 9.17) is 5.11 Å². The lowest BCUT2D eigenvalue weighted by molar-refractivity contribution is -0.384. The largest absolute Gasteiger partial charge is 0.478 e. The number of benzene rings is 2. The first kappa shape index (κ1) is 15.1. The molecule has 0 aliphatic heterocycles. The fourth-order valence-electron chi connectivity index (χ4n) is 1.85. The number of carboxylic acids is 1. The van der Waals surface area contributed by atoms with Crippen LogP contribution < -0.4 is 0 Å². The highest BCUT2D eigenvalue weighted by atomic mass is 16.6. The highest BCUT2D eigenvalue weighted by Gasteiger charge is 2.13. The molecule has 0 spiro atoms. The summed E-state index contributed by atoms with van der Waals surface area (Å²) in [5.74, 6) is -1.62. The Hall–Kier alpha value is -3.28. The van der Waals surface area contributed by atoms with Crippen molar-refractivity contribution in [3.63, 3.8) is 0 Å². The van der Waals surface area contributed by atoms with Crippen molar-refractivity contribution in [2.45, 2.75) is 0 Å². The third-order valence-electron chi connectivity index (χ3n) is 2.95. The first-order valence-corrected chi connectivity index (χ1v) is 6.28. The molecule has 6 heteroatoms. The lowest BCUT2D eigenvalue weighted by Gasteiger charge is -2.01. The minimum atomic E-state index is -1.17. The zero-order valence-electron chi connectivity index (χ0n) is 11.3. The molecule has 0 unspecified atom stereocenters. The van der Waals surface area contributed by atoms with Gasteiger partial charge in [-0.25, -0.2) is 4.79 Å². The van der Waals surface area contributed by atoms with Crippen LogP contribution in [0.25, 0.3) is 6.08 Å². The Morgan fingerprint density at radius 2 is 1.59 bits per heavy atom. The van der Waals surface area contributed by atoms with E-state index in [2.05, 4.69) is 0 Å². The van der Waals surface area contributed by atoms with E-state index in [1.165, 1.54) is 48.6 Å². The number of ketones is 1. The molecule has 0 amide bonds. The van der Waals surface area contributed by atoms with Gasteiger partial charge in [-0.3, -0.25) is 14.9 Å². The number of non-ortho nitro benzene ring substituents is 1. The van der Waals surface area contributed by atoms with Crippen LogP contribution >= 0.6 is 0 Å². The van der Waals surface area contributed by atoms with Crippen LogP contribution in [0.15, 0.2) is 54.6 Å². The topological polar surface area (TPSA) is 97.5 Å². The molecule has 0 saturated heterocycles. The number of nitro groups is 1. The van der Waals surface area contributed by atoms with E-state index in [9.17, 15) is 19.7 Å². The Labute approximate surface area is 125 Å². The van der Waals surface area contributed by atoms with Crippen molar-refractivity contribution < 1.29 is 19.6 Å². The van der Waals surface area contributed by atoms with Crippen LogP contribution in [-0.4, -0.2) is 21.8 Å². The predicted molar refractivity (Wildman–Crippen MR) is 79.9 cm³/mol. The SMILES string of the molecule is O=C(O)c1ccccc1C(=O)/C=C\c1ccc([N+](=O)[O-])cc1. The van der Waals surface area contributed by atoms with Crippen LogP contribution in [-0.2, 0) is 0 Å². The van der Waals surface area contributed by atoms with E-state index < -0.39 is 16.7 Å². The molecule has 1 N–H and O–H groups in total. The Morgan fingerprint density at radius 3 is 2.14 bits per heavy atom. The molecule has 0 bridgehead atoms. The van der Waals surface area contributed by atoms with Crippen LogP contribution in [0.5, 0.6) is 0 Å². The average Bonchev–Trinajstić information content (AvgIpc) is 2.53. The molecule has 6 nitrogen and oxygen atoms in total. The maximum atomic E-state index is 12.1. The summed E-state index contributed by atoms with van der Waals surface area (Å²) in [5, 5.41) is 19.6. The van der Waals surface area contributed by atoms with Crippen molar-refractivity contribution in [2.75, 3.05) is 0 Å². The number of carboxylic acid groups (broad SMARTS) is 1. The molecule has 110 valence electrons. The highest BCUT2D eigenvalue weighted by molar-refractivity contribution is 6.12. The third kappa shape index (κ3) is 3.43. The van der Waals surface area contributed by atoms with Crippen molar-refractivity contribution in [1.29, 1.82) is 0 Å². The van der Waals surface area contributed by atoms with E-state index in [0.717, 1.165) is 0 Å². The second-order valence-electron chi connectivity index (χ2n) is 4.40. The maximum absolute atomic E-state index is 12.1. The molecule has 2 aromatic rings. The normalized spacial score (nSPS) is 10.5. The number of aromatic carboxylic acids is 1. The number of carbonyl (C=O) groups excluding carboxylic acids is 1. The minimum Gasteiger partial charge on any atom is -0.478 e. The number of carbonyl (C=O) groups is 2. The lowest BCUT2D eigenvalue weighted by Crippen LogP contribution is -2.06. The van der Waals surface area contributed by atoms with Gasteiger partial charge in [0.1, 0.15) is 0 Å². The van der Waals surface area contributed by atoms with Crippen LogP contribution in [0.3, 0.4) is 0 Å². The van der Waals surface area contributed by atoms with Crippen LogP contribution in [0.2, 0.25) is 0 Å². The number of allylic oxidation sites excluding steroid dienone is 1. The molecule has 0 heterocycles. The van der Waals surface area contributed by atoms with E-state index in [1.54, 1.807) is 12.1 Å². The van der Waals surface area contributed by atoms with Crippen LogP contribution in [0.1, 0.15) is 26.3 Å². The predicted octanol–water partition coefficient (Wildman–Crippen LogP) is 3.19. The number of nitrogens with zero attached hydrogens (tertiary/aromatic N) is 1. The lowest BCUT2D eigenvalue weighted by atomic mass is 10.0. The zero-order valence-corrected chi connectivity index (χ0v) is 11.3. The maximum Gasteiger partial charge on any atom is 0.336 e. The second-order valence-corrected chi connectivity index (χ2v) is 4.40. The standard InChI is InChI=1S/C16H11NO5/c18-15(13-3-1-2-4-14(13)16(19)20)10-7-11-5-8-12(9-6-11)17(21)22/h1-10H,(H,19,20)/b10-7-. The summed E-state index contributed by atoms with van der Waals surface area (Å²) < 4.78 is 0. The van der Waals surface area contributed by atoms with Gasteiger partial charge in [-0.1, -0.05) is 24.3 Å². The first-order valence-electron chi connectivity index (χ1n) is 6.28. The zero-order chi connectivity index (χ0) is 16.1. The van der Waals surface area contributed by atoms with Gasteiger partial charge < -0.3 is 5.11 Å². The van der Waals surface area contributed by atoms with Gasteiger partial charge in [-0.15, -0.1) is 0 Å². The molecule has 0 aliphatic carbocycles. The Balaban J connectivity index is 2.21. The Morgan fingerprint density at radius 1 is 1.00 bits per heavy atom. The van der Waals surface area contributed by atoms with E-state index >= 15 is 0 Å². The first-order chi connectivity index (χ1) is 10.5. The molecular weight excluding hydrogens is 286 g/mol. The fourth-order valence-corrected chi connectivity index (χ4v) is 1.85. The Kier molecular flexibility index (Phi) is 4.43. The molecule has 0 aliphatic rings. The van der Waals surface area contributed by atoms with Crippen molar-refractivity contribution >= 4 is 23.5 Å². The number of hydrogen-bond donors (Lipinski definition) is 1. The smallest absolute Gasteiger partial charge is 0.336 e. The third-order valence-corrected chi connectivity index (χ3v) is 2.95. The fraction of sp³-hybridized carbons (Fsp3) is 0. The van der Waals surface area contributed by atoms with Gasteiger partial charge in [0.15, 0.2) is 5.78 Å². The summed E-state index contributed by atoms with van der Waals surface area (Å²) in [5.41, 5.74) is 0.584. The van der Waals surface area contributed by atoms with Crippen LogP contribution in [0.4, 0.5) is 5.69 Å². The molecular formula is C16H11NO5. The average molecular weight is 297 g/mol. The number of rotatable bonds is 5. The monoisotopic (exact) mass is 297 g/mol. The van der Waals surface area contributed by atoms with E-state index in [-0.39, 0.29) is 16.8 Å². The molecule has 0 saturated carbocycles. The summed E-state index contributed by atoms with van der Waals surface area (Å²) >= 11 is 0. The van der Waals surface area contributed by atoms with Gasteiger partial charge >= 0.3 is 5.97 Å². The van der Waals surface area contributed by atoms with Gasteiger partial charge in [0.2, 0.25) is 0 Å². The summed E-state index contributed by atoms with van der Waals surface area (Å²) in [6.45, 7) is 0. The van der Waals surface area contributed by atoms with Crippen LogP contribution in [0, 0.1) is 10.1 Å². The molecule has 0 radical (unpaired) electrons. The molecule has 0 aromatic heterocycles. The van der Waals surface area contributed by atoms with Gasteiger partial charge in [-0.05, 0) is 29.8 Å². The molecule has 0 fully saturated rings. The quantitative estimate of drug-likeness (QED) is 0.395. The van der Waals surface area contributed by atoms with Crippen molar-refractivity contribution in [3.05, 3.63) is 81.4 Å². The Bertz CT molecular complexity index is 762. The highest BCUT2D eigenvalue weighted by Crippen LogP contribution is 2.14. The van der Waals surface area contributed by atoms with E-state index in [0.29, 0.717) is 5.56 Å². The second kappa shape index (κ2) is 6.45. The molecule has 2 aromatic carbocycles. The summed E-state index contributed by atoms with van der Waals surface area (Å²) in [7, 11) is 0. The summed E-state index contributed by atoms with van der Waals surface area (Å²) in [6.07, 6.45) is 2.72. The van der Waals surface area contributed by atoms with Gasteiger partial charge in [0.25, 0.3) is 5.69 Å². The van der Waals surface area contributed by atoms with Gasteiger partial charge in [0, 0.05) is 17.7 Å². The van der Waals surface area contributed by atoms with Gasteiger partial charge in [-0.2, -0.15) is 0 Å². The van der Waals surface area contributed by atoms with Crippen molar-refractivity contribution in [3.8, 4) is 0 Å². The van der Waals surface area contributed by atoms with Crippen molar-refractivity contribution in [1.82, 2.24) is 0 Å². The molecule has 22 heavy (non-hydrogen) atoms. The summed E-state index contributed by atoms with van der Waals surface area (Å²) in [4.78, 5) is 33.2. The molecule has 0 atom stereocenters. The summed E-state index contributed by atoms with van der Waals surface area (Å²) in [6, 6.07) is 11.6. The van der Waals surface area contributed by atoms with Gasteiger partial charge in [0.05, 0.1) is 10.5 Å². The molecule has 2 rings (SSSR count). The minimum absolute atomic E-state index is 0.0419. The number of nitro benzene ring substituents is 1. The number of hydrogen-bond acceptors (Lipinski definition) is 4. The van der Waals surface area contributed by atoms with Crippen molar-refractivity contribution in [2.24, 2.45) is 0 Å².